The van der Waals surface area contributed by atoms with Gasteiger partial charge in [0.2, 0.25) is 0 Å². The van der Waals surface area contributed by atoms with Crippen molar-refractivity contribution < 1.29 is 13.9 Å². The molecule has 0 bridgehead atoms. The molecule has 1 amide bonds. The first-order chi connectivity index (χ1) is 15.2. The van der Waals surface area contributed by atoms with E-state index in [1.54, 1.807) is 0 Å². The van der Waals surface area contributed by atoms with Crippen molar-refractivity contribution in [1.29, 1.82) is 0 Å². The van der Waals surface area contributed by atoms with E-state index in [2.05, 4.69) is 36.9 Å². The van der Waals surface area contributed by atoms with Gasteiger partial charge in [-0.25, -0.2) is 0 Å². The quantitative estimate of drug-likeness (QED) is 0.523. The number of furan rings is 1. The highest BCUT2D eigenvalue weighted by molar-refractivity contribution is 5.95. The van der Waals surface area contributed by atoms with E-state index < -0.39 is 0 Å². The van der Waals surface area contributed by atoms with E-state index >= 15 is 0 Å². The number of ether oxygens (including phenoxy) is 1. The molecule has 3 aromatic rings. The molecule has 0 atom stereocenters. The highest BCUT2D eigenvalue weighted by Crippen LogP contribution is 2.27. The SMILES string of the molecule is CCCN(CC)CCc1cc2cc(-c3ccc(C(=O)N4CCOCC4)cc3)ccc2o1. The van der Waals surface area contributed by atoms with Gasteiger partial charge in [-0.3, -0.25) is 4.79 Å². The molecule has 0 spiro atoms. The van der Waals surface area contributed by atoms with Gasteiger partial charge in [0.15, 0.2) is 0 Å². The van der Waals surface area contributed by atoms with Crippen LogP contribution in [-0.2, 0) is 11.2 Å². The molecule has 4 rings (SSSR count). The maximum atomic E-state index is 12.7. The van der Waals surface area contributed by atoms with Crippen LogP contribution in [0.4, 0.5) is 0 Å². The first kappa shape index (κ1) is 21.6. The van der Waals surface area contributed by atoms with Crippen LogP contribution in [0.1, 0.15) is 36.4 Å². The second-order valence-corrected chi connectivity index (χ2v) is 8.13. The summed E-state index contributed by atoms with van der Waals surface area (Å²) in [7, 11) is 0. The zero-order chi connectivity index (χ0) is 21.6. The third kappa shape index (κ3) is 5.17. The van der Waals surface area contributed by atoms with Gasteiger partial charge in [-0.05, 0) is 61.0 Å². The van der Waals surface area contributed by atoms with E-state index in [1.165, 1.54) is 6.42 Å². The minimum atomic E-state index is 0.0778. The van der Waals surface area contributed by atoms with Gasteiger partial charge < -0.3 is 19.0 Å². The van der Waals surface area contributed by atoms with Crippen LogP contribution in [-0.4, -0.2) is 61.6 Å². The van der Waals surface area contributed by atoms with Crippen LogP contribution in [0.5, 0.6) is 0 Å². The summed E-state index contributed by atoms with van der Waals surface area (Å²) in [5.74, 6) is 1.11. The van der Waals surface area contributed by atoms with Gasteiger partial charge in [-0.2, -0.15) is 0 Å². The number of amides is 1. The van der Waals surface area contributed by atoms with E-state index in [9.17, 15) is 4.79 Å². The second-order valence-electron chi connectivity index (χ2n) is 8.13. The van der Waals surface area contributed by atoms with Crippen molar-refractivity contribution in [3.05, 3.63) is 59.9 Å². The zero-order valence-electron chi connectivity index (χ0n) is 18.6. The maximum absolute atomic E-state index is 12.7. The Balaban J connectivity index is 1.46. The van der Waals surface area contributed by atoms with Gasteiger partial charge in [-0.1, -0.05) is 32.0 Å². The Hall–Kier alpha value is -2.63. The largest absolute Gasteiger partial charge is 0.461 e. The van der Waals surface area contributed by atoms with Crippen LogP contribution >= 0.6 is 0 Å². The molecule has 2 heterocycles. The van der Waals surface area contributed by atoms with Crippen molar-refractivity contribution in [1.82, 2.24) is 9.80 Å². The lowest BCUT2D eigenvalue weighted by atomic mass is 10.0. The van der Waals surface area contributed by atoms with Gasteiger partial charge in [0, 0.05) is 37.0 Å². The van der Waals surface area contributed by atoms with Crippen LogP contribution < -0.4 is 0 Å². The number of nitrogens with zero attached hydrogens (tertiary/aromatic N) is 2. The normalized spacial score (nSPS) is 14.5. The van der Waals surface area contributed by atoms with Crippen LogP contribution in [0.25, 0.3) is 22.1 Å². The third-order valence-corrected chi connectivity index (χ3v) is 5.99. The Morgan fingerprint density at radius 1 is 0.968 bits per heavy atom. The number of carbonyl (C=O) groups is 1. The molecule has 1 saturated heterocycles. The van der Waals surface area contributed by atoms with E-state index in [1.807, 2.05) is 35.2 Å². The van der Waals surface area contributed by atoms with Crippen LogP contribution in [0.15, 0.2) is 52.9 Å². The molecule has 0 aliphatic carbocycles. The standard InChI is InChI=1S/C26H32N2O3/c1-3-12-27(4-2)13-11-24-19-23-18-22(9-10-25(23)31-24)20-5-7-21(8-6-20)26(29)28-14-16-30-17-15-28/h5-10,18-19H,3-4,11-17H2,1-2H3. The van der Waals surface area contributed by atoms with Crippen molar-refractivity contribution in [2.24, 2.45) is 0 Å². The van der Waals surface area contributed by atoms with E-state index in [0.717, 1.165) is 59.5 Å². The molecular formula is C26H32N2O3. The van der Waals surface area contributed by atoms with Crippen LogP contribution in [0.2, 0.25) is 0 Å². The minimum Gasteiger partial charge on any atom is -0.461 e. The average Bonchev–Trinajstić information content (AvgIpc) is 3.24. The van der Waals surface area contributed by atoms with Crippen molar-refractivity contribution >= 4 is 16.9 Å². The molecule has 1 aliphatic rings. The fourth-order valence-corrected chi connectivity index (χ4v) is 4.17. The van der Waals surface area contributed by atoms with Gasteiger partial charge >= 0.3 is 0 Å². The predicted octanol–water partition coefficient (Wildman–Crippen LogP) is 4.85. The number of benzene rings is 2. The molecule has 1 aliphatic heterocycles. The predicted molar refractivity (Wildman–Crippen MR) is 124 cm³/mol. The first-order valence-corrected chi connectivity index (χ1v) is 11.4. The summed E-state index contributed by atoms with van der Waals surface area (Å²) >= 11 is 0. The van der Waals surface area contributed by atoms with Crippen molar-refractivity contribution in [3.8, 4) is 11.1 Å². The monoisotopic (exact) mass is 420 g/mol. The Labute approximate surface area is 184 Å². The Bertz CT molecular complexity index is 1000. The average molecular weight is 421 g/mol. The summed E-state index contributed by atoms with van der Waals surface area (Å²) in [5, 5.41) is 1.12. The van der Waals surface area contributed by atoms with E-state index in [-0.39, 0.29) is 5.91 Å². The molecule has 0 saturated carbocycles. The summed E-state index contributed by atoms with van der Waals surface area (Å²) in [6.07, 6.45) is 2.10. The summed E-state index contributed by atoms with van der Waals surface area (Å²) in [5.41, 5.74) is 3.89. The molecule has 1 fully saturated rings. The molecule has 5 heteroatoms. The topological polar surface area (TPSA) is 45.9 Å². The number of rotatable bonds is 8. The smallest absolute Gasteiger partial charge is 0.254 e. The fourth-order valence-electron chi connectivity index (χ4n) is 4.17. The summed E-state index contributed by atoms with van der Waals surface area (Å²) < 4.78 is 11.4. The summed E-state index contributed by atoms with van der Waals surface area (Å²) in [4.78, 5) is 17.0. The lowest BCUT2D eigenvalue weighted by Crippen LogP contribution is -2.40. The van der Waals surface area contributed by atoms with E-state index in [4.69, 9.17) is 9.15 Å². The molecule has 0 radical (unpaired) electrons. The van der Waals surface area contributed by atoms with Gasteiger partial charge in [0.05, 0.1) is 13.2 Å². The summed E-state index contributed by atoms with van der Waals surface area (Å²) in [6, 6.07) is 16.4. The van der Waals surface area contributed by atoms with Gasteiger partial charge in [-0.15, -0.1) is 0 Å². The van der Waals surface area contributed by atoms with Crippen molar-refractivity contribution in [3.63, 3.8) is 0 Å². The first-order valence-electron chi connectivity index (χ1n) is 11.4. The maximum Gasteiger partial charge on any atom is 0.254 e. The van der Waals surface area contributed by atoms with Crippen LogP contribution in [0, 0.1) is 0 Å². The van der Waals surface area contributed by atoms with Gasteiger partial charge in [0.1, 0.15) is 11.3 Å². The molecule has 0 unspecified atom stereocenters. The lowest BCUT2D eigenvalue weighted by Gasteiger charge is -2.26. The molecule has 164 valence electrons. The fraction of sp³-hybridized carbons (Fsp3) is 0.423. The molecule has 0 N–H and O–H groups in total. The molecule has 1 aromatic heterocycles. The Morgan fingerprint density at radius 2 is 1.71 bits per heavy atom. The highest BCUT2D eigenvalue weighted by atomic mass is 16.5. The second kappa shape index (κ2) is 10.1. The van der Waals surface area contributed by atoms with E-state index in [0.29, 0.717) is 26.3 Å². The third-order valence-electron chi connectivity index (χ3n) is 5.99. The van der Waals surface area contributed by atoms with Crippen molar-refractivity contribution in [2.75, 3.05) is 45.9 Å². The number of morpholine rings is 1. The molecular weight excluding hydrogens is 388 g/mol. The van der Waals surface area contributed by atoms with Crippen molar-refractivity contribution in [2.45, 2.75) is 26.7 Å². The zero-order valence-corrected chi connectivity index (χ0v) is 18.6. The highest BCUT2D eigenvalue weighted by Gasteiger charge is 2.18. The number of fused-ring (bicyclic) bond motifs is 1. The number of carbonyl (C=O) groups excluding carboxylic acids is 1. The Morgan fingerprint density at radius 3 is 2.42 bits per heavy atom. The lowest BCUT2D eigenvalue weighted by molar-refractivity contribution is 0.0303. The molecule has 2 aromatic carbocycles. The number of hydrogen-bond donors (Lipinski definition) is 0. The van der Waals surface area contributed by atoms with Crippen LogP contribution in [0.3, 0.4) is 0 Å². The minimum absolute atomic E-state index is 0.0778. The molecule has 31 heavy (non-hydrogen) atoms. The summed E-state index contributed by atoms with van der Waals surface area (Å²) in [6.45, 7) is 10.2. The molecule has 5 nitrogen and oxygen atoms in total. The van der Waals surface area contributed by atoms with Gasteiger partial charge in [0.25, 0.3) is 5.91 Å². The number of hydrogen-bond acceptors (Lipinski definition) is 4. The Kier molecular flexibility index (Phi) is 7.05. The number of likely N-dealkylation sites (N-methyl/N-ethyl adjacent to an activating group) is 1.